The van der Waals surface area contributed by atoms with E-state index >= 15 is 0 Å². The number of hydrogen-bond donors (Lipinski definition) is 2. The molecule has 0 aromatic heterocycles. The van der Waals surface area contributed by atoms with Gasteiger partial charge in [0.2, 0.25) is 0 Å². The van der Waals surface area contributed by atoms with Crippen LogP contribution in [0.5, 0.6) is 0 Å². The molecule has 2 fully saturated rings. The fourth-order valence-electron chi connectivity index (χ4n) is 6.23. The molecule has 2 aliphatic heterocycles. The summed E-state index contributed by atoms with van der Waals surface area (Å²) in [5.74, 6) is -2.91. The van der Waals surface area contributed by atoms with Gasteiger partial charge >= 0.3 is 17.9 Å². The summed E-state index contributed by atoms with van der Waals surface area (Å²) < 4.78 is 23.0. The Labute approximate surface area is 192 Å². The van der Waals surface area contributed by atoms with Crippen LogP contribution in [0.2, 0.25) is 0 Å². The minimum atomic E-state index is -1.34. The van der Waals surface area contributed by atoms with E-state index in [-0.39, 0.29) is 6.42 Å². The van der Waals surface area contributed by atoms with Crippen LogP contribution in [0.4, 0.5) is 0 Å². The molecule has 4 rings (SSSR count). The highest BCUT2D eigenvalue weighted by Gasteiger charge is 2.85. The minimum Gasteiger partial charge on any atom is -0.458 e. The third-order valence-corrected chi connectivity index (χ3v) is 7.90. The Morgan fingerprint density at radius 2 is 1.79 bits per heavy atom. The first-order valence-electron chi connectivity index (χ1n) is 11.3. The molecular formula is C24H32O9. The summed E-state index contributed by atoms with van der Waals surface area (Å²) in [6, 6.07) is 0. The molecule has 4 aliphatic rings. The topological polar surface area (TPSA) is 132 Å². The van der Waals surface area contributed by atoms with E-state index in [4.69, 9.17) is 18.9 Å². The number of carbonyl (C=O) groups is 3. The maximum atomic E-state index is 12.7. The van der Waals surface area contributed by atoms with Crippen LogP contribution in [0.25, 0.3) is 0 Å². The van der Waals surface area contributed by atoms with Crippen molar-refractivity contribution in [2.75, 3.05) is 0 Å². The van der Waals surface area contributed by atoms with E-state index in [9.17, 15) is 24.6 Å². The molecule has 9 heteroatoms. The maximum Gasteiger partial charge on any atom is 0.342 e. The van der Waals surface area contributed by atoms with Crippen molar-refractivity contribution in [1.82, 2.24) is 0 Å². The summed E-state index contributed by atoms with van der Waals surface area (Å²) >= 11 is 0. The lowest BCUT2D eigenvalue weighted by Gasteiger charge is -2.51. The summed E-state index contributed by atoms with van der Waals surface area (Å²) in [4.78, 5) is 36.8. The normalized spacial score (nSPS) is 50.0. The van der Waals surface area contributed by atoms with Gasteiger partial charge in [0.25, 0.3) is 0 Å². The van der Waals surface area contributed by atoms with E-state index in [1.807, 2.05) is 0 Å². The van der Waals surface area contributed by atoms with Crippen LogP contribution in [-0.4, -0.2) is 69.8 Å². The minimum absolute atomic E-state index is 0.210. The van der Waals surface area contributed by atoms with Crippen molar-refractivity contribution in [3.05, 3.63) is 23.8 Å². The average Bonchev–Trinajstić information content (AvgIpc) is 3.29. The van der Waals surface area contributed by atoms with Gasteiger partial charge in [-0.2, -0.15) is 0 Å². The number of hydrogen-bond acceptors (Lipinski definition) is 9. The molecule has 0 bridgehead atoms. The van der Waals surface area contributed by atoms with Crippen molar-refractivity contribution in [2.24, 2.45) is 17.3 Å². The highest BCUT2D eigenvalue weighted by molar-refractivity contribution is 5.88. The Balaban J connectivity index is 1.93. The summed E-state index contributed by atoms with van der Waals surface area (Å²) in [5, 5.41) is 22.5. The number of aliphatic hydroxyl groups is 2. The van der Waals surface area contributed by atoms with Crippen molar-refractivity contribution < 1.29 is 43.5 Å². The predicted molar refractivity (Wildman–Crippen MR) is 113 cm³/mol. The Morgan fingerprint density at radius 3 is 2.36 bits per heavy atom. The summed E-state index contributed by atoms with van der Waals surface area (Å²) in [7, 11) is 0. The summed E-state index contributed by atoms with van der Waals surface area (Å²) in [6.07, 6.45) is 0.369. The van der Waals surface area contributed by atoms with Gasteiger partial charge in [-0.15, -0.1) is 0 Å². The highest BCUT2D eigenvalue weighted by Crippen LogP contribution is 2.64. The molecule has 1 spiro atoms. The van der Waals surface area contributed by atoms with Crippen molar-refractivity contribution in [3.8, 4) is 0 Å². The molecular weight excluding hydrogens is 432 g/mol. The van der Waals surface area contributed by atoms with Gasteiger partial charge in [-0.25, -0.2) is 4.79 Å². The smallest absolute Gasteiger partial charge is 0.342 e. The van der Waals surface area contributed by atoms with Gasteiger partial charge in [-0.1, -0.05) is 31.6 Å². The Morgan fingerprint density at radius 1 is 1.15 bits per heavy atom. The maximum absolute atomic E-state index is 12.7. The molecule has 2 heterocycles. The van der Waals surface area contributed by atoms with Crippen molar-refractivity contribution in [3.63, 3.8) is 0 Å². The number of esters is 3. The third kappa shape index (κ3) is 3.35. The van der Waals surface area contributed by atoms with Gasteiger partial charge in [0, 0.05) is 31.6 Å². The van der Waals surface area contributed by atoms with Crippen LogP contribution in [0.1, 0.15) is 48.0 Å². The van der Waals surface area contributed by atoms with Crippen LogP contribution in [0, 0.1) is 17.3 Å². The highest BCUT2D eigenvalue weighted by atomic mass is 16.7. The SMILES string of the molecule is CC(=O)O[C@@H]1C/C(C)=C\[C@@H]2OC(=O)[C@]3(C)O[C@]23[C@@H](O)[C@H]2[C@@H](C)[C@H](O)C=C[C@]2(C)[C@H]1OC(C)=O. The number of aliphatic hydroxyl groups excluding tert-OH is 2. The fraction of sp³-hybridized carbons (Fsp3) is 0.708. The van der Waals surface area contributed by atoms with E-state index in [2.05, 4.69) is 0 Å². The molecule has 10 atom stereocenters. The molecule has 2 aliphatic carbocycles. The van der Waals surface area contributed by atoms with Crippen LogP contribution >= 0.6 is 0 Å². The van der Waals surface area contributed by atoms with E-state index in [1.165, 1.54) is 13.8 Å². The van der Waals surface area contributed by atoms with Crippen LogP contribution < -0.4 is 0 Å². The first kappa shape index (κ1) is 23.9. The second-order valence-electron chi connectivity index (χ2n) is 10.2. The van der Waals surface area contributed by atoms with Crippen LogP contribution in [0.15, 0.2) is 23.8 Å². The van der Waals surface area contributed by atoms with Gasteiger partial charge in [0.15, 0.2) is 17.3 Å². The van der Waals surface area contributed by atoms with Gasteiger partial charge in [0.05, 0.1) is 12.2 Å². The molecule has 0 aromatic rings. The van der Waals surface area contributed by atoms with E-state index in [1.54, 1.807) is 45.9 Å². The lowest BCUT2D eigenvalue weighted by atomic mass is 9.57. The van der Waals surface area contributed by atoms with Gasteiger partial charge in [-0.05, 0) is 25.8 Å². The molecule has 9 nitrogen and oxygen atoms in total. The standard InChI is InChI=1S/C24H32O9/c1-11-9-16(30-13(3)25)20(31-14(4)26)22(5)8-7-15(27)12(2)18(22)19(28)24-17(10-11)32-21(29)23(24,6)33-24/h7-8,10,12,15-20,27-28H,9H2,1-6H3/b11-10-/t12-,15+,16+,17-,18+,19-,20-,22-,23-,24-/m0/s1. The van der Waals surface area contributed by atoms with E-state index in [0.29, 0.717) is 0 Å². The van der Waals surface area contributed by atoms with Gasteiger partial charge in [-0.3, -0.25) is 9.59 Å². The van der Waals surface area contributed by atoms with E-state index < -0.39 is 76.9 Å². The number of carbonyl (C=O) groups excluding carboxylic acids is 3. The molecule has 0 amide bonds. The molecule has 2 N–H and O–H groups in total. The number of fused-ring (bicyclic) bond motifs is 1. The number of ether oxygens (including phenoxy) is 4. The van der Waals surface area contributed by atoms with Crippen molar-refractivity contribution >= 4 is 17.9 Å². The number of epoxide rings is 1. The zero-order chi connectivity index (χ0) is 24.5. The quantitative estimate of drug-likeness (QED) is 0.268. The fourth-order valence-corrected chi connectivity index (χ4v) is 6.23. The summed E-state index contributed by atoms with van der Waals surface area (Å²) in [5.41, 5.74) is -3.02. The van der Waals surface area contributed by atoms with Crippen molar-refractivity contribution in [1.29, 1.82) is 0 Å². The predicted octanol–water partition coefficient (Wildman–Crippen LogP) is 1.20. The second kappa shape index (κ2) is 7.65. The first-order chi connectivity index (χ1) is 15.3. The zero-order valence-electron chi connectivity index (χ0n) is 19.7. The second-order valence-corrected chi connectivity index (χ2v) is 10.2. The molecule has 182 valence electrons. The third-order valence-electron chi connectivity index (χ3n) is 7.90. The Kier molecular flexibility index (Phi) is 5.54. The zero-order valence-corrected chi connectivity index (χ0v) is 19.7. The molecule has 0 radical (unpaired) electrons. The molecule has 0 aromatic carbocycles. The molecule has 2 saturated heterocycles. The van der Waals surface area contributed by atoms with Crippen LogP contribution in [0.3, 0.4) is 0 Å². The number of rotatable bonds is 2. The van der Waals surface area contributed by atoms with Crippen molar-refractivity contribution in [2.45, 2.75) is 89.7 Å². The largest absolute Gasteiger partial charge is 0.458 e. The van der Waals surface area contributed by atoms with Gasteiger partial charge in [0.1, 0.15) is 12.2 Å². The van der Waals surface area contributed by atoms with E-state index in [0.717, 1.165) is 5.57 Å². The average molecular weight is 465 g/mol. The lowest BCUT2D eigenvalue weighted by Crippen LogP contribution is -2.61. The Bertz CT molecular complexity index is 940. The van der Waals surface area contributed by atoms with Crippen LogP contribution in [-0.2, 0) is 33.3 Å². The molecule has 0 unspecified atom stereocenters. The molecule has 33 heavy (non-hydrogen) atoms. The summed E-state index contributed by atoms with van der Waals surface area (Å²) in [6.45, 7) is 9.51. The van der Waals surface area contributed by atoms with Gasteiger partial charge < -0.3 is 29.2 Å². The molecule has 0 saturated carbocycles. The lowest BCUT2D eigenvalue weighted by molar-refractivity contribution is -0.189. The Hall–Kier alpha value is -2.23. The first-order valence-corrected chi connectivity index (χ1v) is 11.3. The monoisotopic (exact) mass is 464 g/mol.